The number of nitrogens with zero attached hydrogens (tertiary/aromatic N) is 1. The Labute approximate surface area is 109 Å². The Morgan fingerprint density at radius 1 is 1.33 bits per heavy atom. The van der Waals surface area contributed by atoms with E-state index in [2.05, 4.69) is 22.8 Å². The lowest BCUT2D eigenvalue weighted by atomic mass is 10.0. The second kappa shape index (κ2) is 5.38. The van der Waals surface area contributed by atoms with Gasteiger partial charge in [0.15, 0.2) is 5.78 Å². The Balaban J connectivity index is 0.000000574. The summed E-state index contributed by atoms with van der Waals surface area (Å²) in [7, 11) is 0. The molecule has 0 spiro atoms. The number of aromatic nitrogens is 1. The second-order valence-corrected chi connectivity index (χ2v) is 4.43. The van der Waals surface area contributed by atoms with E-state index in [-0.39, 0.29) is 5.78 Å². The van der Waals surface area contributed by atoms with Gasteiger partial charge in [0.2, 0.25) is 0 Å². The molecular formula is C16H21NO. The summed E-state index contributed by atoms with van der Waals surface area (Å²) >= 11 is 0. The minimum Gasteiger partial charge on any atom is -0.346 e. The highest BCUT2D eigenvalue weighted by Crippen LogP contribution is 2.29. The van der Waals surface area contributed by atoms with E-state index in [0.717, 1.165) is 23.9 Å². The van der Waals surface area contributed by atoms with Gasteiger partial charge in [-0.25, -0.2) is 0 Å². The van der Waals surface area contributed by atoms with Gasteiger partial charge in [-0.05, 0) is 18.4 Å². The smallest absolute Gasteiger partial charge is 0.164 e. The van der Waals surface area contributed by atoms with Gasteiger partial charge in [-0.1, -0.05) is 39.0 Å². The maximum Gasteiger partial charge on any atom is 0.164 e. The maximum absolute atomic E-state index is 11.9. The van der Waals surface area contributed by atoms with Crippen molar-refractivity contribution in [3.63, 3.8) is 0 Å². The number of carbonyl (C=O) groups is 1. The quantitative estimate of drug-likeness (QED) is 0.724. The number of benzene rings is 1. The first kappa shape index (κ1) is 12.9. The molecule has 0 fully saturated rings. The number of carbonyl (C=O) groups excluding carboxylic acids is 1. The average molecular weight is 243 g/mol. The molecule has 1 aliphatic heterocycles. The lowest BCUT2D eigenvalue weighted by Crippen LogP contribution is -2.05. The Morgan fingerprint density at radius 3 is 2.83 bits per heavy atom. The van der Waals surface area contributed by atoms with E-state index < -0.39 is 0 Å². The molecule has 1 aromatic heterocycles. The van der Waals surface area contributed by atoms with Crippen LogP contribution < -0.4 is 0 Å². The number of hydrogen-bond acceptors (Lipinski definition) is 1. The normalized spacial score (nSPS) is 13.1. The third-order valence-corrected chi connectivity index (χ3v) is 3.45. The summed E-state index contributed by atoms with van der Waals surface area (Å²) in [4.78, 5) is 11.9. The van der Waals surface area contributed by atoms with Crippen LogP contribution in [0.5, 0.6) is 0 Å². The topological polar surface area (TPSA) is 22.0 Å². The molecule has 0 N–H and O–H groups in total. The Bertz CT molecular complexity index is 566. The predicted octanol–water partition coefficient (Wildman–Crippen LogP) is 4.21. The summed E-state index contributed by atoms with van der Waals surface area (Å²) in [5.41, 5.74) is 3.57. The van der Waals surface area contributed by atoms with Gasteiger partial charge in [0.05, 0.1) is 5.52 Å². The van der Waals surface area contributed by atoms with Gasteiger partial charge in [-0.15, -0.1) is 0 Å². The van der Waals surface area contributed by atoms with Gasteiger partial charge in [-0.2, -0.15) is 0 Å². The first-order valence-electron chi connectivity index (χ1n) is 6.95. The number of para-hydroxylation sites is 1. The zero-order chi connectivity index (χ0) is 13.1. The SMILES string of the molecule is CC.CCC(=O)c1cn2c3c(cccc13)CCC2. The molecule has 0 unspecified atom stereocenters. The summed E-state index contributed by atoms with van der Waals surface area (Å²) in [6.45, 7) is 6.97. The van der Waals surface area contributed by atoms with Crippen molar-refractivity contribution in [2.24, 2.45) is 0 Å². The summed E-state index contributed by atoms with van der Waals surface area (Å²) < 4.78 is 2.25. The summed E-state index contributed by atoms with van der Waals surface area (Å²) in [6, 6.07) is 6.32. The van der Waals surface area contributed by atoms with Crippen LogP contribution in [-0.2, 0) is 13.0 Å². The molecule has 18 heavy (non-hydrogen) atoms. The summed E-state index contributed by atoms with van der Waals surface area (Å²) in [5.74, 6) is 0.253. The Morgan fingerprint density at radius 2 is 2.11 bits per heavy atom. The van der Waals surface area contributed by atoms with Crippen LogP contribution in [0.1, 0.15) is 49.5 Å². The molecule has 2 heterocycles. The van der Waals surface area contributed by atoms with E-state index in [0.29, 0.717) is 6.42 Å². The molecule has 3 rings (SSSR count). The molecule has 0 atom stereocenters. The van der Waals surface area contributed by atoms with Crippen molar-refractivity contribution in [3.8, 4) is 0 Å². The highest BCUT2D eigenvalue weighted by atomic mass is 16.1. The molecule has 0 saturated carbocycles. The van der Waals surface area contributed by atoms with Gasteiger partial charge in [-0.3, -0.25) is 4.79 Å². The third-order valence-electron chi connectivity index (χ3n) is 3.45. The third kappa shape index (κ3) is 1.96. The molecule has 2 nitrogen and oxygen atoms in total. The highest BCUT2D eigenvalue weighted by molar-refractivity contribution is 6.08. The number of aryl methyl sites for hydroxylation is 2. The fourth-order valence-electron chi connectivity index (χ4n) is 2.67. The molecule has 1 aliphatic rings. The highest BCUT2D eigenvalue weighted by Gasteiger charge is 2.18. The summed E-state index contributed by atoms with van der Waals surface area (Å²) in [6.07, 6.45) is 4.95. The van der Waals surface area contributed by atoms with E-state index >= 15 is 0 Å². The van der Waals surface area contributed by atoms with Crippen LogP contribution in [0.3, 0.4) is 0 Å². The van der Waals surface area contributed by atoms with Gasteiger partial charge >= 0.3 is 0 Å². The molecule has 2 aromatic rings. The van der Waals surface area contributed by atoms with Crippen molar-refractivity contribution in [1.29, 1.82) is 0 Å². The van der Waals surface area contributed by atoms with E-state index in [1.54, 1.807) is 0 Å². The van der Waals surface area contributed by atoms with E-state index in [9.17, 15) is 4.79 Å². The molecule has 0 radical (unpaired) electrons. The molecule has 0 saturated heterocycles. The van der Waals surface area contributed by atoms with Crippen LogP contribution in [0.2, 0.25) is 0 Å². The average Bonchev–Trinajstić information content (AvgIpc) is 2.82. The molecule has 0 aliphatic carbocycles. The van der Waals surface area contributed by atoms with Crippen LogP contribution in [0.15, 0.2) is 24.4 Å². The van der Waals surface area contributed by atoms with E-state index in [1.807, 2.05) is 27.0 Å². The van der Waals surface area contributed by atoms with Crippen LogP contribution in [0.25, 0.3) is 10.9 Å². The Hall–Kier alpha value is -1.57. The molecule has 96 valence electrons. The Kier molecular flexibility index (Phi) is 3.85. The van der Waals surface area contributed by atoms with Gasteiger partial charge in [0, 0.05) is 30.1 Å². The number of Topliss-reactive ketones (excluding diaryl/α,β-unsaturated/α-hetero) is 1. The van der Waals surface area contributed by atoms with Gasteiger partial charge in [0.1, 0.15) is 0 Å². The minimum absolute atomic E-state index is 0.253. The van der Waals surface area contributed by atoms with E-state index in [1.165, 1.54) is 17.5 Å². The van der Waals surface area contributed by atoms with Crippen molar-refractivity contribution in [2.75, 3.05) is 0 Å². The zero-order valence-corrected chi connectivity index (χ0v) is 11.5. The first-order valence-corrected chi connectivity index (χ1v) is 6.95. The van der Waals surface area contributed by atoms with Crippen molar-refractivity contribution in [2.45, 2.75) is 46.6 Å². The number of rotatable bonds is 2. The summed E-state index contributed by atoms with van der Waals surface area (Å²) in [5, 5.41) is 1.14. The largest absolute Gasteiger partial charge is 0.346 e. The number of ketones is 1. The second-order valence-electron chi connectivity index (χ2n) is 4.43. The lowest BCUT2D eigenvalue weighted by molar-refractivity contribution is 0.0989. The van der Waals surface area contributed by atoms with Crippen molar-refractivity contribution in [1.82, 2.24) is 4.57 Å². The maximum atomic E-state index is 11.9. The minimum atomic E-state index is 0.253. The van der Waals surface area contributed by atoms with Crippen LogP contribution in [0, 0.1) is 0 Å². The fourth-order valence-corrected chi connectivity index (χ4v) is 2.67. The standard InChI is InChI=1S/C14H15NO.C2H6/c1-2-13(16)12-9-15-8-4-6-10-5-3-7-11(12)14(10)15;1-2/h3,5,7,9H,2,4,6,8H2,1H3;1-2H3. The monoisotopic (exact) mass is 243 g/mol. The molecule has 1 aromatic carbocycles. The first-order chi connectivity index (χ1) is 8.81. The fraction of sp³-hybridized carbons (Fsp3) is 0.438. The van der Waals surface area contributed by atoms with Crippen molar-refractivity contribution >= 4 is 16.7 Å². The van der Waals surface area contributed by atoms with Gasteiger partial charge in [0.25, 0.3) is 0 Å². The van der Waals surface area contributed by atoms with Crippen LogP contribution >= 0.6 is 0 Å². The molecular weight excluding hydrogens is 222 g/mol. The number of hydrogen-bond donors (Lipinski definition) is 0. The van der Waals surface area contributed by atoms with Crippen LogP contribution in [0.4, 0.5) is 0 Å². The van der Waals surface area contributed by atoms with Gasteiger partial charge < -0.3 is 4.57 Å². The van der Waals surface area contributed by atoms with Crippen LogP contribution in [-0.4, -0.2) is 10.4 Å². The molecule has 0 amide bonds. The molecule has 0 bridgehead atoms. The van der Waals surface area contributed by atoms with E-state index in [4.69, 9.17) is 0 Å². The van der Waals surface area contributed by atoms with Crippen molar-refractivity contribution < 1.29 is 4.79 Å². The zero-order valence-electron chi connectivity index (χ0n) is 11.5. The predicted molar refractivity (Wildman–Crippen MR) is 76.2 cm³/mol. The molecule has 2 heteroatoms. The lowest BCUT2D eigenvalue weighted by Gasteiger charge is -2.14. The van der Waals surface area contributed by atoms with Crippen molar-refractivity contribution in [3.05, 3.63) is 35.5 Å².